The van der Waals surface area contributed by atoms with Gasteiger partial charge in [0.2, 0.25) is 0 Å². The Kier molecular flexibility index (Phi) is 7.80. The molecule has 0 aliphatic rings. The first-order valence-corrected chi connectivity index (χ1v) is 7.71. The molecule has 1 aromatic rings. The van der Waals surface area contributed by atoms with Gasteiger partial charge in [0.15, 0.2) is 12.4 Å². The standard InChI is InChI=1S/C16H23N3O6/c1-9-13(11(3)20)10(2)18-14(9)15(22)25-8-12(21)19-16(23)17-6-5-7-24-4/h18H,5-8H2,1-4H3,(H2,17,19,21,23). The molecular weight excluding hydrogens is 330 g/mol. The quantitative estimate of drug-likeness (QED) is 0.361. The van der Waals surface area contributed by atoms with Crippen LogP contribution in [0.25, 0.3) is 0 Å². The molecule has 3 amide bonds. The summed E-state index contributed by atoms with van der Waals surface area (Å²) < 4.78 is 9.70. The number of aromatic nitrogens is 1. The normalized spacial score (nSPS) is 10.2. The minimum Gasteiger partial charge on any atom is -0.451 e. The van der Waals surface area contributed by atoms with Crippen LogP contribution < -0.4 is 10.6 Å². The number of rotatable bonds is 8. The van der Waals surface area contributed by atoms with Crippen molar-refractivity contribution < 1.29 is 28.7 Å². The molecule has 1 rings (SSSR count). The van der Waals surface area contributed by atoms with Gasteiger partial charge in [0.05, 0.1) is 0 Å². The van der Waals surface area contributed by atoms with Crippen LogP contribution in [0.1, 0.15) is 45.4 Å². The average molecular weight is 353 g/mol. The highest BCUT2D eigenvalue weighted by Crippen LogP contribution is 2.19. The fraction of sp³-hybridized carbons (Fsp3) is 0.500. The zero-order valence-electron chi connectivity index (χ0n) is 14.8. The Morgan fingerprint density at radius 2 is 1.84 bits per heavy atom. The second-order valence-corrected chi connectivity index (χ2v) is 5.41. The minimum absolute atomic E-state index is 0.111. The third-order valence-electron chi connectivity index (χ3n) is 3.39. The molecule has 1 aromatic heterocycles. The second kappa shape index (κ2) is 9.58. The van der Waals surface area contributed by atoms with E-state index in [1.807, 2.05) is 5.32 Å². The van der Waals surface area contributed by atoms with Gasteiger partial charge in [0.1, 0.15) is 5.69 Å². The van der Waals surface area contributed by atoms with Crippen molar-refractivity contribution in [3.05, 3.63) is 22.5 Å². The van der Waals surface area contributed by atoms with E-state index in [1.54, 1.807) is 21.0 Å². The number of esters is 1. The molecule has 0 saturated carbocycles. The topological polar surface area (TPSA) is 127 Å². The Balaban J connectivity index is 2.49. The number of hydrogen-bond acceptors (Lipinski definition) is 6. The summed E-state index contributed by atoms with van der Waals surface area (Å²) in [7, 11) is 1.55. The van der Waals surface area contributed by atoms with Gasteiger partial charge < -0.3 is 19.8 Å². The van der Waals surface area contributed by atoms with Gasteiger partial charge in [-0.25, -0.2) is 9.59 Å². The maximum Gasteiger partial charge on any atom is 0.355 e. The average Bonchev–Trinajstić information content (AvgIpc) is 2.84. The number of urea groups is 1. The summed E-state index contributed by atoms with van der Waals surface area (Å²) in [5.41, 5.74) is 1.55. The Hall–Kier alpha value is -2.68. The number of Topliss-reactive ketones (excluding diaryl/α,β-unsaturated/α-hetero) is 1. The second-order valence-electron chi connectivity index (χ2n) is 5.41. The van der Waals surface area contributed by atoms with Gasteiger partial charge in [0.25, 0.3) is 5.91 Å². The van der Waals surface area contributed by atoms with Crippen LogP contribution in [0.15, 0.2) is 0 Å². The van der Waals surface area contributed by atoms with E-state index in [0.717, 1.165) is 0 Å². The number of imide groups is 1. The SMILES string of the molecule is COCCCNC(=O)NC(=O)COC(=O)c1[nH]c(C)c(C(C)=O)c1C. The van der Waals surface area contributed by atoms with Crippen molar-refractivity contribution in [2.45, 2.75) is 27.2 Å². The van der Waals surface area contributed by atoms with Crippen LogP contribution >= 0.6 is 0 Å². The van der Waals surface area contributed by atoms with Crippen molar-refractivity contribution in [3.63, 3.8) is 0 Å². The number of aromatic amines is 1. The van der Waals surface area contributed by atoms with Crippen LogP contribution in [-0.2, 0) is 14.3 Å². The van der Waals surface area contributed by atoms with Crippen molar-refractivity contribution >= 4 is 23.7 Å². The first kappa shape index (κ1) is 20.4. The Morgan fingerprint density at radius 3 is 2.40 bits per heavy atom. The van der Waals surface area contributed by atoms with E-state index in [4.69, 9.17) is 9.47 Å². The summed E-state index contributed by atoms with van der Waals surface area (Å²) in [6.45, 7) is 4.91. The van der Waals surface area contributed by atoms with Gasteiger partial charge in [-0.05, 0) is 32.8 Å². The van der Waals surface area contributed by atoms with Crippen LogP contribution in [0.3, 0.4) is 0 Å². The number of amides is 3. The summed E-state index contributed by atoms with van der Waals surface area (Å²) in [5, 5.41) is 4.51. The maximum atomic E-state index is 12.0. The van der Waals surface area contributed by atoms with E-state index >= 15 is 0 Å². The molecule has 0 aromatic carbocycles. The van der Waals surface area contributed by atoms with Gasteiger partial charge in [-0.3, -0.25) is 14.9 Å². The molecule has 0 aliphatic carbocycles. The monoisotopic (exact) mass is 353 g/mol. The van der Waals surface area contributed by atoms with Crippen LogP contribution in [0.5, 0.6) is 0 Å². The highest BCUT2D eigenvalue weighted by Gasteiger charge is 2.21. The number of ketones is 1. The largest absolute Gasteiger partial charge is 0.451 e. The number of hydrogen-bond donors (Lipinski definition) is 3. The highest BCUT2D eigenvalue weighted by molar-refractivity contribution is 6.01. The molecule has 3 N–H and O–H groups in total. The molecule has 0 fully saturated rings. The van der Waals surface area contributed by atoms with Gasteiger partial charge >= 0.3 is 12.0 Å². The lowest BCUT2D eigenvalue weighted by Crippen LogP contribution is -2.42. The van der Waals surface area contributed by atoms with Crippen LogP contribution in [0, 0.1) is 13.8 Å². The molecule has 138 valence electrons. The molecule has 25 heavy (non-hydrogen) atoms. The van der Waals surface area contributed by atoms with E-state index in [9.17, 15) is 19.2 Å². The molecule has 0 unspecified atom stereocenters. The zero-order valence-corrected chi connectivity index (χ0v) is 14.8. The number of nitrogens with one attached hydrogen (secondary N) is 3. The number of ether oxygens (including phenoxy) is 2. The van der Waals surface area contributed by atoms with Gasteiger partial charge in [-0.15, -0.1) is 0 Å². The maximum absolute atomic E-state index is 12.0. The lowest BCUT2D eigenvalue weighted by Gasteiger charge is -2.07. The Bertz CT molecular complexity index is 665. The molecule has 0 bridgehead atoms. The fourth-order valence-electron chi connectivity index (χ4n) is 2.31. The van der Waals surface area contributed by atoms with Crippen LogP contribution in [0.4, 0.5) is 4.79 Å². The molecule has 1 heterocycles. The van der Waals surface area contributed by atoms with E-state index in [0.29, 0.717) is 36.4 Å². The van der Waals surface area contributed by atoms with E-state index in [2.05, 4.69) is 10.3 Å². The lowest BCUT2D eigenvalue weighted by molar-refractivity contribution is -0.123. The number of methoxy groups -OCH3 is 1. The van der Waals surface area contributed by atoms with Crippen molar-refractivity contribution in [3.8, 4) is 0 Å². The Morgan fingerprint density at radius 1 is 1.16 bits per heavy atom. The number of aryl methyl sites for hydroxylation is 1. The van der Waals surface area contributed by atoms with Crippen LogP contribution in [0.2, 0.25) is 0 Å². The third-order valence-corrected chi connectivity index (χ3v) is 3.39. The number of carbonyl (C=O) groups excluding carboxylic acids is 4. The molecular formula is C16H23N3O6. The lowest BCUT2D eigenvalue weighted by atomic mass is 10.1. The van der Waals surface area contributed by atoms with Crippen molar-refractivity contribution in [1.82, 2.24) is 15.6 Å². The molecule has 0 atom stereocenters. The number of carbonyl (C=O) groups is 4. The summed E-state index contributed by atoms with van der Waals surface area (Å²) >= 11 is 0. The summed E-state index contributed by atoms with van der Waals surface area (Å²) in [4.78, 5) is 49.4. The molecule has 0 radical (unpaired) electrons. The molecule has 0 aliphatic heterocycles. The van der Waals surface area contributed by atoms with Crippen molar-refractivity contribution in [1.29, 1.82) is 0 Å². The van der Waals surface area contributed by atoms with Crippen molar-refractivity contribution in [2.75, 3.05) is 26.9 Å². The van der Waals surface area contributed by atoms with Crippen LogP contribution in [-0.4, -0.2) is 55.5 Å². The molecule has 9 heteroatoms. The first-order valence-electron chi connectivity index (χ1n) is 7.71. The summed E-state index contributed by atoms with van der Waals surface area (Å²) in [6, 6.07) is -0.678. The fourth-order valence-corrected chi connectivity index (χ4v) is 2.31. The van der Waals surface area contributed by atoms with E-state index in [1.165, 1.54) is 6.92 Å². The van der Waals surface area contributed by atoms with Gasteiger partial charge in [0, 0.05) is 31.5 Å². The summed E-state index contributed by atoms with van der Waals surface area (Å²) in [5.74, 6) is -1.71. The van der Waals surface area contributed by atoms with E-state index < -0.39 is 24.5 Å². The minimum atomic E-state index is -0.774. The summed E-state index contributed by atoms with van der Waals surface area (Å²) in [6.07, 6.45) is 0.608. The third kappa shape index (κ3) is 6.03. The molecule has 0 spiro atoms. The Labute approximate surface area is 145 Å². The van der Waals surface area contributed by atoms with Gasteiger partial charge in [-0.2, -0.15) is 0 Å². The zero-order chi connectivity index (χ0) is 19.0. The molecule has 9 nitrogen and oxygen atoms in total. The highest BCUT2D eigenvalue weighted by atomic mass is 16.5. The van der Waals surface area contributed by atoms with Crippen molar-refractivity contribution in [2.24, 2.45) is 0 Å². The predicted octanol–water partition coefficient (Wildman–Crippen LogP) is 0.853. The smallest absolute Gasteiger partial charge is 0.355 e. The van der Waals surface area contributed by atoms with E-state index in [-0.39, 0.29) is 11.5 Å². The van der Waals surface area contributed by atoms with Gasteiger partial charge in [-0.1, -0.05) is 0 Å². The predicted molar refractivity (Wildman–Crippen MR) is 88.6 cm³/mol. The molecule has 0 saturated heterocycles. The number of H-pyrrole nitrogens is 1. The first-order chi connectivity index (χ1) is 11.8.